The molecule has 0 bridgehead atoms. The summed E-state index contributed by atoms with van der Waals surface area (Å²) in [5.74, 6) is -2.41. The highest BCUT2D eigenvalue weighted by Crippen LogP contribution is 2.30. The van der Waals surface area contributed by atoms with Crippen molar-refractivity contribution >= 4 is 34.0 Å². The number of nitrogens with zero attached hydrogens (tertiary/aromatic N) is 2. The highest BCUT2D eigenvalue weighted by atomic mass is 32.1. The molecule has 0 fully saturated rings. The molecule has 0 unspecified atom stereocenters. The van der Waals surface area contributed by atoms with Crippen molar-refractivity contribution in [1.29, 1.82) is 0 Å². The smallest absolute Gasteiger partial charge is 0.233 e. The van der Waals surface area contributed by atoms with Gasteiger partial charge in [-0.25, -0.2) is 13.8 Å². The zero-order chi connectivity index (χ0) is 18.1. The molecule has 0 spiro atoms. The van der Waals surface area contributed by atoms with Gasteiger partial charge in [0.05, 0.1) is 17.8 Å². The second-order valence-electron chi connectivity index (χ2n) is 6.16. The third-order valence-corrected chi connectivity index (χ3v) is 4.76. The van der Waals surface area contributed by atoms with Crippen LogP contribution in [0, 0.1) is 17.6 Å². The second-order valence-corrected chi connectivity index (χ2v) is 7.01. The number of benzene rings is 1. The monoisotopic (exact) mass is 365 g/mol. The van der Waals surface area contributed by atoms with Crippen molar-refractivity contribution in [3.8, 4) is 0 Å². The van der Waals surface area contributed by atoms with Crippen LogP contribution in [-0.4, -0.2) is 23.3 Å². The Hall–Kier alpha value is -2.35. The van der Waals surface area contributed by atoms with Crippen LogP contribution in [0.25, 0.3) is 0 Å². The number of aromatic nitrogens is 1. The number of hydrogen-bond acceptors (Lipinski definition) is 4. The Morgan fingerprint density at radius 2 is 2.04 bits per heavy atom. The molecule has 2 heterocycles. The zero-order valence-corrected chi connectivity index (χ0v) is 14.6. The lowest BCUT2D eigenvalue weighted by molar-refractivity contribution is -0.119. The van der Waals surface area contributed by atoms with E-state index in [2.05, 4.69) is 10.3 Å². The van der Waals surface area contributed by atoms with Crippen molar-refractivity contribution in [2.45, 2.75) is 26.7 Å². The van der Waals surface area contributed by atoms with Gasteiger partial charge in [0, 0.05) is 23.9 Å². The lowest BCUT2D eigenvalue weighted by atomic mass is 10.1. The molecule has 3 rings (SSSR count). The van der Waals surface area contributed by atoms with Crippen molar-refractivity contribution in [2.24, 2.45) is 5.92 Å². The van der Waals surface area contributed by atoms with E-state index in [0.29, 0.717) is 35.0 Å². The van der Waals surface area contributed by atoms with Crippen LogP contribution in [0.5, 0.6) is 0 Å². The van der Waals surface area contributed by atoms with E-state index in [1.54, 1.807) is 19.2 Å². The molecule has 1 aromatic heterocycles. The molecule has 0 saturated heterocycles. The fourth-order valence-corrected chi connectivity index (χ4v) is 3.30. The molecule has 8 heteroatoms. The summed E-state index contributed by atoms with van der Waals surface area (Å²) in [7, 11) is 0. The molecule has 1 aliphatic heterocycles. The van der Waals surface area contributed by atoms with E-state index in [4.69, 9.17) is 0 Å². The van der Waals surface area contributed by atoms with Crippen LogP contribution in [0.4, 0.5) is 19.6 Å². The summed E-state index contributed by atoms with van der Waals surface area (Å²) in [4.78, 5) is 29.8. The molecular weight excluding hydrogens is 348 g/mol. The number of thiazole rings is 1. The summed E-state index contributed by atoms with van der Waals surface area (Å²) in [6.45, 7) is 3.94. The van der Waals surface area contributed by atoms with Gasteiger partial charge in [0.1, 0.15) is 0 Å². The van der Waals surface area contributed by atoms with Gasteiger partial charge in [-0.2, -0.15) is 0 Å². The summed E-state index contributed by atoms with van der Waals surface area (Å²) >= 11 is 1.25. The van der Waals surface area contributed by atoms with Crippen molar-refractivity contribution in [1.82, 2.24) is 4.98 Å². The van der Waals surface area contributed by atoms with E-state index in [9.17, 15) is 18.4 Å². The summed E-state index contributed by atoms with van der Waals surface area (Å²) in [6, 6.07) is 2.20. The number of hydrogen-bond donors (Lipinski definition) is 1. The quantitative estimate of drug-likeness (QED) is 0.905. The molecular formula is C17H17F2N3O2S. The molecule has 2 aromatic rings. The molecule has 1 N–H and O–H groups in total. The molecule has 25 heavy (non-hydrogen) atoms. The first-order chi connectivity index (χ1) is 11.8. The van der Waals surface area contributed by atoms with E-state index >= 15 is 0 Å². The number of halogens is 2. The number of carbonyl (C=O) groups is 2. The number of anilines is 2. The highest BCUT2D eigenvalue weighted by Gasteiger charge is 2.27. The summed E-state index contributed by atoms with van der Waals surface area (Å²) in [6.07, 6.45) is 0.525. The topological polar surface area (TPSA) is 62.3 Å². The predicted octanol–water partition coefficient (Wildman–Crippen LogP) is 3.15. The summed E-state index contributed by atoms with van der Waals surface area (Å²) < 4.78 is 26.8. The minimum Gasteiger partial charge on any atom is -0.311 e. The maximum atomic E-state index is 13.5. The number of nitrogens with one attached hydrogen (secondary N) is 1. The standard InChI is InChI=1S/C17H17F2N3O2S/c1-9(2)16(24)21-17-20-11(8-25-17)6-15(23)22-4-3-10-5-12(18)13(19)7-14(10)22/h5,7-9H,3-4,6H2,1-2H3,(H,20,21,24). The van der Waals surface area contributed by atoms with E-state index < -0.39 is 11.6 Å². The molecule has 0 aliphatic carbocycles. The maximum absolute atomic E-state index is 13.5. The Bertz CT molecular complexity index is 835. The van der Waals surface area contributed by atoms with Gasteiger partial charge in [-0.1, -0.05) is 13.8 Å². The number of amides is 2. The van der Waals surface area contributed by atoms with Crippen molar-refractivity contribution in [3.05, 3.63) is 40.4 Å². The fourth-order valence-electron chi connectivity index (χ4n) is 2.59. The third kappa shape index (κ3) is 3.68. The highest BCUT2D eigenvalue weighted by molar-refractivity contribution is 7.13. The molecule has 1 aliphatic rings. The molecule has 0 atom stereocenters. The number of rotatable bonds is 4. The SMILES string of the molecule is CC(C)C(=O)Nc1nc(CC(=O)N2CCc3cc(F)c(F)cc32)cs1. The number of fused-ring (bicyclic) bond motifs is 1. The van der Waals surface area contributed by atoms with Gasteiger partial charge in [0.15, 0.2) is 16.8 Å². The van der Waals surface area contributed by atoms with E-state index in [-0.39, 0.29) is 24.2 Å². The zero-order valence-electron chi connectivity index (χ0n) is 13.8. The van der Waals surface area contributed by atoms with E-state index in [1.165, 1.54) is 16.2 Å². The van der Waals surface area contributed by atoms with Gasteiger partial charge in [-0.05, 0) is 18.1 Å². The second kappa shape index (κ2) is 6.87. The van der Waals surface area contributed by atoms with E-state index in [0.717, 1.165) is 12.1 Å². The van der Waals surface area contributed by atoms with Crippen molar-refractivity contribution in [3.63, 3.8) is 0 Å². The first kappa shape index (κ1) is 17.5. The minimum absolute atomic E-state index is 0.0342. The van der Waals surface area contributed by atoms with Gasteiger partial charge < -0.3 is 10.2 Å². The van der Waals surface area contributed by atoms with Crippen LogP contribution in [0.3, 0.4) is 0 Å². The van der Waals surface area contributed by atoms with Crippen molar-refractivity contribution in [2.75, 3.05) is 16.8 Å². The Labute approximate surface area is 147 Å². The Morgan fingerprint density at radius 3 is 2.76 bits per heavy atom. The normalized spacial score (nSPS) is 13.2. The first-order valence-corrected chi connectivity index (χ1v) is 8.76. The molecule has 0 radical (unpaired) electrons. The van der Waals surface area contributed by atoms with Crippen LogP contribution < -0.4 is 10.2 Å². The third-order valence-electron chi connectivity index (χ3n) is 3.96. The van der Waals surface area contributed by atoms with Gasteiger partial charge in [-0.15, -0.1) is 11.3 Å². The molecule has 1 aromatic carbocycles. The average Bonchev–Trinajstić information content (AvgIpc) is 3.14. The Morgan fingerprint density at radius 1 is 1.32 bits per heavy atom. The molecule has 2 amide bonds. The maximum Gasteiger partial charge on any atom is 0.233 e. The summed E-state index contributed by atoms with van der Waals surface area (Å²) in [5.41, 5.74) is 1.56. The fraction of sp³-hybridized carbons (Fsp3) is 0.353. The lowest BCUT2D eigenvalue weighted by Gasteiger charge is -2.16. The predicted molar refractivity (Wildman–Crippen MR) is 91.7 cm³/mol. The van der Waals surface area contributed by atoms with Crippen LogP contribution >= 0.6 is 11.3 Å². The van der Waals surface area contributed by atoms with Gasteiger partial charge >= 0.3 is 0 Å². The number of carbonyl (C=O) groups excluding carboxylic acids is 2. The summed E-state index contributed by atoms with van der Waals surface area (Å²) in [5, 5.41) is 4.83. The van der Waals surface area contributed by atoms with Gasteiger partial charge in [0.2, 0.25) is 11.8 Å². The average molecular weight is 365 g/mol. The minimum atomic E-state index is -0.967. The van der Waals surface area contributed by atoms with Gasteiger partial charge in [0.25, 0.3) is 0 Å². The van der Waals surface area contributed by atoms with Crippen LogP contribution in [0.1, 0.15) is 25.1 Å². The van der Waals surface area contributed by atoms with Crippen LogP contribution in [0.15, 0.2) is 17.5 Å². The molecule has 5 nitrogen and oxygen atoms in total. The first-order valence-electron chi connectivity index (χ1n) is 7.88. The van der Waals surface area contributed by atoms with E-state index in [1.807, 2.05) is 0 Å². The van der Waals surface area contributed by atoms with Gasteiger partial charge in [-0.3, -0.25) is 9.59 Å². The molecule has 0 saturated carbocycles. The Kier molecular flexibility index (Phi) is 4.80. The lowest BCUT2D eigenvalue weighted by Crippen LogP contribution is -2.30. The van der Waals surface area contributed by atoms with Crippen molar-refractivity contribution < 1.29 is 18.4 Å². The largest absolute Gasteiger partial charge is 0.311 e. The Balaban J connectivity index is 1.70. The van der Waals surface area contributed by atoms with Crippen LogP contribution in [0.2, 0.25) is 0 Å². The van der Waals surface area contributed by atoms with Crippen LogP contribution in [-0.2, 0) is 22.4 Å². The molecule has 132 valence electrons.